The number of nitrogens with one attached hydrogen (secondary N) is 2. The van der Waals surface area contributed by atoms with Crippen molar-refractivity contribution < 1.29 is 31.5 Å². The summed E-state index contributed by atoms with van der Waals surface area (Å²) in [6.45, 7) is -13.0. The van der Waals surface area contributed by atoms with E-state index in [0.29, 0.717) is 4.98 Å². The lowest BCUT2D eigenvalue weighted by Gasteiger charge is -2.09. The largest absolute Gasteiger partial charge is 0.447 e. The van der Waals surface area contributed by atoms with E-state index in [0.717, 1.165) is 6.20 Å². The number of hydrogen-bond acceptors (Lipinski definition) is 3. The van der Waals surface area contributed by atoms with Crippen LogP contribution in [0.15, 0.2) is 24.3 Å². The molecule has 0 bridgehead atoms. The van der Waals surface area contributed by atoms with E-state index >= 15 is 0 Å². The van der Waals surface area contributed by atoms with E-state index in [1.165, 1.54) is 0 Å². The number of amides is 1. The van der Waals surface area contributed by atoms with Gasteiger partial charge < -0.3 is 19.9 Å². The summed E-state index contributed by atoms with van der Waals surface area (Å²) in [7, 11) is 0. The summed E-state index contributed by atoms with van der Waals surface area (Å²) < 4.78 is 131. The van der Waals surface area contributed by atoms with Gasteiger partial charge in [-0.2, -0.15) is 0 Å². The molecule has 112 valence electrons. The molecule has 5 nitrogen and oxygen atoms in total. The minimum atomic E-state index is -3.41. The second-order valence-electron chi connectivity index (χ2n) is 4.24. The number of likely N-dealkylation sites (N-methyl/N-ethyl adjacent to an activating group) is 1. The Morgan fingerprint density at radius 1 is 1.71 bits per heavy atom. The quantitative estimate of drug-likeness (QED) is 0.887. The van der Waals surface area contributed by atoms with Crippen molar-refractivity contribution in [2.75, 3.05) is 27.0 Å². The number of alkyl carbamates (subject to hydrolysis) is 1. The minimum Gasteiger partial charge on any atom is -0.447 e. The summed E-state index contributed by atoms with van der Waals surface area (Å²) in [5.74, 6) is 0. The highest BCUT2D eigenvalue weighted by atomic mass is 16.6. The Morgan fingerprint density at radius 3 is 3.38 bits per heavy atom. The molecular formula is C16H21N3O2. The van der Waals surface area contributed by atoms with Crippen LogP contribution in [0.1, 0.15) is 30.3 Å². The zero-order valence-electron chi connectivity index (χ0n) is 26.6. The average Bonchev–Trinajstić information content (AvgIpc) is 3.07. The SMILES string of the molecule is [2H]c1c(C[C@]2([2H])N([2H])C(=O)OC2([2H])[2H])c([2H])c2c(CC([2H])([2H])N(C([2H])([2H])[2H])C([2H])([2H])[2H])cn([2H])c2c1[2H]. The van der Waals surface area contributed by atoms with Gasteiger partial charge in [0.05, 0.1) is 14.2 Å². The molecule has 1 fully saturated rings. The van der Waals surface area contributed by atoms with Gasteiger partial charge in [-0.3, -0.25) is 0 Å². The van der Waals surface area contributed by atoms with Crippen LogP contribution in [0.2, 0.25) is 2.82 Å². The van der Waals surface area contributed by atoms with Crippen molar-refractivity contribution in [2.45, 2.75) is 18.9 Å². The molecule has 1 aromatic heterocycles. The molecule has 2 N–H and O–H groups in total. The number of aryl methyl sites for hydroxylation is 1. The van der Waals surface area contributed by atoms with Gasteiger partial charge >= 0.3 is 6.09 Å². The van der Waals surface area contributed by atoms with E-state index in [1.54, 1.807) is 0 Å². The first-order valence-corrected chi connectivity index (χ1v) is 5.92. The molecule has 0 radical (unpaired) electrons. The number of H-pyrrole nitrogens is 1. The molecule has 0 aliphatic carbocycles. The number of carbonyl (C=O) groups excluding carboxylic acids is 1. The van der Waals surface area contributed by atoms with Gasteiger partial charge in [0.15, 0.2) is 2.82 Å². The number of rotatable bonds is 5. The Bertz CT molecular complexity index is 1240. The van der Waals surface area contributed by atoms with E-state index < -0.39 is 75.7 Å². The second-order valence-corrected chi connectivity index (χ2v) is 4.24. The van der Waals surface area contributed by atoms with E-state index in [-0.39, 0.29) is 26.7 Å². The highest BCUT2D eigenvalue weighted by Crippen LogP contribution is 2.21. The summed E-state index contributed by atoms with van der Waals surface area (Å²) in [6, 6.07) is -4.86. The standard InChI is InChI=1S/C16H21N3O2/c1-19(2)6-5-12-9-17-15-4-3-11(8-14(12)15)7-13-10-21-16(20)18-13/h3-4,8-9,13,17H,5-7,10H2,1-2H3,(H,18,20)/t13-/m0/s1/i1D3,2D3,3D,4D,6D2,8D,10D2,13D/hD2. The number of aromatic amines is 1. The van der Waals surface area contributed by atoms with Gasteiger partial charge in [0.1, 0.15) is 6.56 Å². The number of ether oxygens (including phenoxy) is 1. The molecule has 1 saturated heterocycles. The maximum absolute atomic E-state index is 11.7. The van der Waals surface area contributed by atoms with E-state index in [2.05, 4.69) is 4.74 Å². The van der Waals surface area contributed by atoms with Gasteiger partial charge in [0.2, 0.25) is 0 Å². The van der Waals surface area contributed by atoms with Crippen LogP contribution in [-0.4, -0.2) is 49.0 Å². The molecular weight excluding hydrogens is 266 g/mol. The summed E-state index contributed by atoms with van der Waals surface area (Å²) in [4.78, 5) is 12.0. The van der Waals surface area contributed by atoms with Crippen molar-refractivity contribution in [3.05, 3.63) is 35.5 Å². The molecule has 3 rings (SSSR count). The minimum absolute atomic E-state index is 0.112. The van der Waals surface area contributed by atoms with Crippen LogP contribution in [0.3, 0.4) is 0 Å². The van der Waals surface area contributed by atoms with Crippen LogP contribution in [-0.2, 0) is 17.6 Å². The first-order valence-electron chi connectivity index (χ1n) is 13.8. The van der Waals surface area contributed by atoms with Crippen LogP contribution < -0.4 is 5.31 Å². The van der Waals surface area contributed by atoms with Crippen LogP contribution in [0.25, 0.3) is 10.9 Å². The Hall–Kier alpha value is -2.01. The summed E-state index contributed by atoms with van der Waals surface area (Å²) in [6.07, 6.45) is -2.52. The van der Waals surface area contributed by atoms with Crippen molar-refractivity contribution in [3.8, 4) is 0 Å². The fraction of sp³-hybridized carbons (Fsp3) is 0.438. The predicted molar refractivity (Wildman–Crippen MR) is 82.5 cm³/mol. The van der Waals surface area contributed by atoms with Crippen LogP contribution in [0, 0.1) is 0 Å². The first-order chi connectivity index (χ1) is 16.5. The maximum atomic E-state index is 11.7. The predicted octanol–water partition coefficient (Wildman–Crippen LogP) is 1.92. The highest BCUT2D eigenvalue weighted by Gasteiger charge is 2.22. The molecule has 1 aromatic carbocycles. The lowest BCUT2D eigenvalue weighted by molar-refractivity contribution is 0.177. The molecule has 0 saturated carbocycles. The fourth-order valence-corrected chi connectivity index (χ4v) is 1.86. The topological polar surface area (TPSA) is 57.4 Å². The molecule has 1 aliphatic rings. The van der Waals surface area contributed by atoms with Crippen molar-refractivity contribution in [3.63, 3.8) is 0 Å². The summed E-state index contributed by atoms with van der Waals surface area (Å²) in [5.41, 5.74) is -1.14. The Morgan fingerprint density at radius 2 is 2.62 bits per heavy atom. The van der Waals surface area contributed by atoms with Crippen molar-refractivity contribution in [1.82, 2.24) is 15.2 Å². The monoisotopic (exact) mass is 303 g/mol. The van der Waals surface area contributed by atoms with E-state index in [1.807, 2.05) is 0 Å². The molecule has 21 heavy (non-hydrogen) atoms. The van der Waals surface area contributed by atoms with Crippen LogP contribution >= 0.6 is 0 Å². The number of aromatic nitrogens is 1. The smallest absolute Gasteiger partial charge is 0.407 e. The zero-order valence-corrected chi connectivity index (χ0v) is 10.6. The normalized spacial score (nSPS) is 37.6. The third-order valence-corrected chi connectivity index (χ3v) is 2.77. The molecule has 2 aromatic rings. The number of carbonyl (C=O) groups is 1. The number of cyclic esters (lactones) is 1. The van der Waals surface area contributed by atoms with Crippen LogP contribution in [0.5, 0.6) is 0 Å². The summed E-state index contributed by atoms with van der Waals surface area (Å²) >= 11 is 0. The van der Waals surface area contributed by atoms with Gasteiger partial charge in [-0.15, -0.1) is 0 Å². The molecule has 2 heterocycles. The molecule has 1 aliphatic heterocycles. The number of hydrogen-bond donors (Lipinski definition) is 2. The van der Waals surface area contributed by atoms with Gasteiger partial charge in [-0.05, 0) is 50.0 Å². The van der Waals surface area contributed by atoms with Crippen molar-refractivity contribution >= 4 is 17.0 Å². The Kier molecular flexibility index (Phi) is 1.23. The maximum Gasteiger partial charge on any atom is 0.407 e. The molecule has 1 atom stereocenters. The van der Waals surface area contributed by atoms with Crippen molar-refractivity contribution in [2.24, 2.45) is 0 Å². The number of benzene rings is 1. The molecule has 5 heteroatoms. The van der Waals surface area contributed by atoms with Crippen LogP contribution in [0.4, 0.5) is 4.79 Å². The number of nitrogens with zero attached hydrogens (tertiary/aromatic N) is 1. The zero-order chi connectivity index (χ0) is 28.7. The second kappa shape index (κ2) is 5.77. The third kappa shape index (κ3) is 3.19. The lowest BCUT2D eigenvalue weighted by Crippen LogP contribution is -2.28. The van der Waals surface area contributed by atoms with Gasteiger partial charge in [-0.25, -0.2) is 4.79 Å². The molecule has 0 spiro atoms. The van der Waals surface area contributed by atoms with Gasteiger partial charge in [0.25, 0.3) is 0 Å². The Balaban J connectivity index is 2.22. The van der Waals surface area contributed by atoms with Gasteiger partial charge in [-0.1, -0.05) is 6.04 Å². The van der Waals surface area contributed by atoms with E-state index in [9.17, 15) is 4.79 Å². The summed E-state index contributed by atoms with van der Waals surface area (Å²) in [5, 5.41) is -0.448. The highest BCUT2D eigenvalue weighted by molar-refractivity contribution is 5.84. The van der Waals surface area contributed by atoms with Crippen molar-refractivity contribution in [1.29, 1.82) is 0 Å². The third-order valence-electron chi connectivity index (χ3n) is 2.77. The first kappa shape index (κ1) is 4.49. The average molecular weight is 303 g/mol. The van der Waals surface area contributed by atoms with E-state index in [4.69, 9.17) is 22.0 Å². The Labute approximate surface area is 146 Å². The lowest BCUT2D eigenvalue weighted by atomic mass is 10.0. The fourth-order valence-electron chi connectivity index (χ4n) is 1.86. The molecule has 1 amide bonds. The molecule has 0 unspecified atom stereocenters. The van der Waals surface area contributed by atoms with Gasteiger partial charge in [0, 0.05) is 34.6 Å². The number of fused-ring (bicyclic) bond motifs is 1.